The highest BCUT2D eigenvalue weighted by Gasteiger charge is 2.27. The van der Waals surface area contributed by atoms with Gasteiger partial charge in [0.15, 0.2) is 0 Å². The van der Waals surface area contributed by atoms with Crippen molar-refractivity contribution in [2.45, 2.75) is 13.3 Å². The van der Waals surface area contributed by atoms with Crippen molar-refractivity contribution in [1.82, 2.24) is 4.90 Å². The number of carbonyl (C=O) groups excluding carboxylic acids is 1. The average Bonchev–Trinajstić information content (AvgIpc) is 2.80. The van der Waals surface area contributed by atoms with Gasteiger partial charge in [-0.3, -0.25) is 4.79 Å². The molecular weight excluding hydrogens is 216 g/mol. The van der Waals surface area contributed by atoms with Gasteiger partial charge in [0, 0.05) is 24.2 Å². The first-order valence-corrected chi connectivity index (χ1v) is 5.91. The number of nitrogens with zero attached hydrogens (tertiary/aromatic N) is 1. The van der Waals surface area contributed by atoms with Crippen molar-refractivity contribution in [2.75, 3.05) is 19.6 Å². The number of carbonyl (C=O) groups is 1. The van der Waals surface area contributed by atoms with E-state index in [1.54, 1.807) is 25.1 Å². The number of aromatic hydroxyl groups is 1. The number of benzene rings is 1. The largest absolute Gasteiger partial charge is 0.508 e. The van der Waals surface area contributed by atoms with E-state index >= 15 is 0 Å². The molecule has 0 aromatic heterocycles. The molecule has 0 bridgehead atoms. The smallest absolute Gasteiger partial charge is 0.254 e. The Hall–Kier alpha value is -1.55. The van der Waals surface area contributed by atoms with E-state index < -0.39 is 0 Å². The van der Waals surface area contributed by atoms with E-state index in [1.165, 1.54) is 0 Å². The number of amides is 1. The normalized spacial score (nSPS) is 19.6. The van der Waals surface area contributed by atoms with Crippen LogP contribution >= 0.6 is 0 Å². The van der Waals surface area contributed by atoms with Crippen LogP contribution in [0.5, 0.6) is 5.75 Å². The topological polar surface area (TPSA) is 66.6 Å². The fourth-order valence-electron chi connectivity index (χ4n) is 2.23. The summed E-state index contributed by atoms with van der Waals surface area (Å²) in [5.74, 6) is 0.580. The van der Waals surface area contributed by atoms with Gasteiger partial charge in [0.25, 0.3) is 5.91 Å². The molecule has 0 radical (unpaired) electrons. The number of phenols is 1. The lowest BCUT2D eigenvalue weighted by molar-refractivity contribution is 0.0786. The van der Waals surface area contributed by atoms with Gasteiger partial charge in [0.05, 0.1) is 0 Å². The molecule has 3 N–H and O–H groups in total. The number of likely N-dealkylation sites (tertiary alicyclic amines) is 1. The van der Waals surface area contributed by atoms with Crippen molar-refractivity contribution >= 4 is 5.91 Å². The van der Waals surface area contributed by atoms with Gasteiger partial charge < -0.3 is 15.7 Å². The predicted molar refractivity (Wildman–Crippen MR) is 65.9 cm³/mol. The maximum Gasteiger partial charge on any atom is 0.254 e. The Morgan fingerprint density at radius 1 is 1.59 bits per heavy atom. The second-order valence-electron chi connectivity index (χ2n) is 4.59. The summed E-state index contributed by atoms with van der Waals surface area (Å²) in [7, 11) is 0. The van der Waals surface area contributed by atoms with Gasteiger partial charge in [0.1, 0.15) is 5.75 Å². The van der Waals surface area contributed by atoms with E-state index in [2.05, 4.69) is 0 Å². The van der Waals surface area contributed by atoms with Crippen LogP contribution in [0, 0.1) is 12.8 Å². The van der Waals surface area contributed by atoms with Gasteiger partial charge >= 0.3 is 0 Å². The highest BCUT2D eigenvalue weighted by Crippen LogP contribution is 2.23. The number of nitrogens with two attached hydrogens (primary N) is 1. The summed E-state index contributed by atoms with van der Waals surface area (Å²) in [5, 5.41) is 9.60. The minimum Gasteiger partial charge on any atom is -0.508 e. The van der Waals surface area contributed by atoms with Gasteiger partial charge in [-0.1, -0.05) is 6.07 Å². The summed E-state index contributed by atoms with van der Waals surface area (Å²) >= 11 is 0. The summed E-state index contributed by atoms with van der Waals surface area (Å²) in [6.45, 7) is 3.88. The highest BCUT2D eigenvalue weighted by molar-refractivity contribution is 5.96. The molecule has 0 saturated carbocycles. The van der Waals surface area contributed by atoms with E-state index in [-0.39, 0.29) is 11.7 Å². The molecule has 17 heavy (non-hydrogen) atoms. The monoisotopic (exact) mass is 234 g/mol. The highest BCUT2D eigenvalue weighted by atomic mass is 16.3. The second-order valence-corrected chi connectivity index (χ2v) is 4.59. The molecule has 1 unspecified atom stereocenters. The molecule has 1 aliphatic rings. The second kappa shape index (κ2) is 4.75. The van der Waals surface area contributed by atoms with E-state index in [0.29, 0.717) is 23.6 Å². The van der Waals surface area contributed by atoms with Crippen molar-refractivity contribution in [1.29, 1.82) is 0 Å². The molecule has 0 spiro atoms. The number of rotatable bonds is 2. The molecule has 1 fully saturated rings. The summed E-state index contributed by atoms with van der Waals surface area (Å²) < 4.78 is 0. The molecule has 1 saturated heterocycles. The molecule has 2 rings (SSSR count). The third-order valence-corrected chi connectivity index (χ3v) is 3.44. The lowest BCUT2D eigenvalue weighted by Crippen LogP contribution is -2.30. The van der Waals surface area contributed by atoms with E-state index in [0.717, 1.165) is 19.5 Å². The van der Waals surface area contributed by atoms with Gasteiger partial charge in [0.2, 0.25) is 0 Å². The van der Waals surface area contributed by atoms with Crippen LogP contribution in [0.1, 0.15) is 22.3 Å². The van der Waals surface area contributed by atoms with Gasteiger partial charge in [-0.15, -0.1) is 0 Å². The quantitative estimate of drug-likeness (QED) is 0.806. The van der Waals surface area contributed by atoms with Crippen LogP contribution in [0.2, 0.25) is 0 Å². The molecule has 1 amide bonds. The Bertz CT molecular complexity index is 431. The van der Waals surface area contributed by atoms with Crippen LogP contribution in [0.25, 0.3) is 0 Å². The van der Waals surface area contributed by atoms with E-state index in [1.807, 2.05) is 4.90 Å². The lowest BCUT2D eigenvalue weighted by atomic mass is 10.1. The summed E-state index contributed by atoms with van der Waals surface area (Å²) in [4.78, 5) is 14.1. The zero-order valence-corrected chi connectivity index (χ0v) is 10.0. The van der Waals surface area contributed by atoms with E-state index in [9.17, 15) is 9.90 Å². The fourth-order valence-corrected chi connectivity index (χ4v) is 2.23. The van der Waals surface area contributed by atoms with Gasteiger partial charge in [-0.25, -0.2) is 0 Å². The molecule has 92 valence electrons. The molecule has 4 heteroatoms. The Morgan fingerprint density at radius 2 is 2.35 bits per heavy atom. The Labute approximate surface area is 101 Å². The summed E-state index contributed by atoms with van der Waals surface area (Å²) in [5.41, 5.74) is 6.84. The molecule has 1 aliphatic heterocycles. The zero-order chi connectivity index (χ0) is 12.4. The van der Waals surface area contributed by atoms with E-state index in [4.69, 9.17) is 5.73 Å². The molecule has 4 nitrogen and oxygen atoms in total. The first kappa shape index (κ1) is 11.9. The number of hydrogen-bond donors (Lipinski definition) is 2. The van der Waals surface area contributed by atoms with Crippen LogP contribution in [0.4, 0.5) is 0 Å². The standard InChI is InChI=1S/C13H18N2O2/c1-9-11(3-2-4-12(9)16)13(17)15-6-5-10(7-14)8-15/h2-4,10,16H,5-8,14H2,1H3. The van der Waals surface area contributed by atoms with Gasteiger partial charge in [-0.2, -0.15) is 0 Å². The maximum atomic E-state index is 12.3. The predicted octanol–water partition coefficient (Wildman–Crippen LogP) is 1.12. The molecule has 1 aromatic carbocycles. The Balaban J connectivity index is 2.18. The average molecular weight is 234 g/mol. The van der Waals surface area contributed by atoms with Crippen molar-refractivity contribution in [3.8, 4) is 5.75 Å². The maximum absolute atomic E-state index is 12.3. The minimum absolute atomic E-state index is 0.00523. The third-order valence-electron chi connectivity index (χ3n) is 3.44. The number of hydrogen-bond acceptors (Lipinski definition) is 3. The third kappa shape index (κ3) is 2.26. The minimum atomic E-state index is -0.00523. The summed E-state index contributed by atoms with van der Waals surface area (Å²) in [6.07, 6.45) is 0.972. The van der Waals surface area contributed by atoms with Crippen molar-refractivity contribution in [3.63, 3.8) is 0 Å². The molecule has 0 aliphatic carbocycles. The van der Waals surface area contributed by atoms with Gasteiger partial charge in [-0.05, 0) is 37.9 Å². The molecule has 1 heterocycles. The first-order valence-electron chi connectivity index (χ1n) is 5.91. The molecular formula is C13H18N2O2. The molecule has 1 atom stereocenters. The zero-order valence-electron chi connectivity index (χ0n) is 10.0. The SMILES string of the molecule is Cc1c(O)cccc1C(=O)N1CCC(CN)C1. The van der Waals surface area contributed by atoms with Crippen LogP contribution in [0.15, 0.2) is 18.2 Å². The van der Waals surface area contributed by atoms with Crippen LogP contribution in [-0.2, 0) is 0 Å². The molecule has 1 aromatic rings. The number of phenolic OH excluding ortho intramolecular Hbond substituents is 1. The van der Waals surface area contributed by atoms with Crippen LogP contribution < -0.4 is 5.73 Å². The van der Waals surface area contributed by atoms with Crippen LogP contribution in [-0.4, -0.2) is 35.5 Å². The lowest BCUT2D eigenvalue weighted by Gasteiger charge is -2.17. The van der Waals surface area contributed by atoms with Crippen molar-refractivity contribution in [3.05, 3.63) is 29.3 Å². The Kier molecular flexibility index (Phi) is 3.33. The summed E-state index contributed by atoms with van der Waals surface area (Å²) in [6, 6.07) is 5.05. The van der Waals surface area contributed by atoms with Crippen LogP contribution in [0.3, 0.4) is 0 Å². The van der Waals surface area contributed by atoms with Crippen molar-refractivity contribution < 1.29 is 9.90 Å². The Morgan fingerprint density at radius 3 is 3.00 bits per heavy atom. The van der Waals surface area contributed by atoms with Crippen molar-refractivity contribution in [2.24, 2.45) is 11.7 Å². The first-order chi connectivity index (χ1) is 8.13. The fraction of sp³-hybridized carbons (Fsp3) is 0.462.